The molecule has 0 aromatic rings. The minimum absolute atomic E-state index is 0.130. The standard InChI is InChI=1S/C13H24N2S/c1-12(8-14)9-15(2)10-13(11-16)6-4-3-5-7-13/h12,16H,3-7,9-11H2,1-2H3. The summed E-state index contributed by atoms with van der Waals surface area (Å²) in [4.78, 5) is 2.31. The Bertz CT molecular complexity index is 241. The highest BCUT2D eigenvalue weighted by atomic mass is 32.1. The molecule has 0 N–H and O–H groups in total. The fourth-order valence-electron chi connectivity index (χ4n) is 2.81. The highest BCUT2D eigenvalue weighted by molar-refractivity contribution is 7.80. The van der Waals surface area contributed by atoms with E-state index in [1.165, 1.54) is 32.1 Å². The van der Waals surface area contributed by atoms with Gasteiger partial charge in [0.1, 0.15) is 0 Å². The molecule has 0 saturated heterocycles. The minimum Gasteiger partial charge on any atom is -0.304 e. The summed E-state index contributed by atoms with van der Waals surface area (Å²) in [5.74, 6) is 1.11. The van der Waals surface area contributed by atoms with Crippen LogP contribution in [0, 0.1) is 22.7 Å². The van der Waals surface area contributed by atoms with Crippen molar-refractivity contribution < 1.29 is 0 Å². The number of nitrogens with zero attached hydrogens (tertiary/aromatic N) is 2. The van der Waals surface area contributed by atoms with Crippen molar-refractivity contribution in [3.8, 4) is 6.07 Å². The van der Waals surface area contributed by atoms with Crippen LogP contribution in [0.5, 0.6) is 0 Å². The molecule has 16 heavy (non-hydrogen) atoms. The molecule has 1 saturated carbocycles. The minimum atomic E-state index is 0.130. The average Bonchev–Trinajstić information content (AvgIpc) is 2.29. The Morgan fingerprint density at radius 3 is 2.50 bits per heavy atom. The molecule has 92 valence electrons. The second-order valence-electron chi connectivity index (χ2n) is 5.45. The molecule has 0 radical (unpaired) electrons. The van der Waals surface area contributed by atoms with Crippen molar-refractivity contribution in [3.63, 3.8) is 0 Å². The van der Waals surface area contributed by atoms with E-state index in [0.29, 0.717) is 5.41 Å². The number of hydrogen-bond donors (Lipinski definition) is 1. The number of hydrogen-bond acceptors (Lipinski definition) is 3. The highest BCUT2D eigenvalue weighted by Gasteiger charge is 2.31. The van der Waals surface area contributed by atoms with Gasteiger partial charge in [0.05, 0.1) is 12.0 Å². The molecule has 0 heterocycles. The predicted octanol–water partition coefficient (Wildman–Crippen LogP) is 2.96. The molecule has 1 aliphatic carbocycles. The van der Waals surface area contributed by atoms with E-state index >= 15 is 0 Å². The highest BCUT2D eigenvalue weighted by Crippen LogP contribution is 2.37. The van der Waals surface area contributed by atoms with E-state index in [0.717, 1.165) is 18.8 Å². The third kappa shape index (κ3) is 3.99. The molecule has 0 spiro atoms. The van der Waals surface area contributed by atoms with E-state index in [4.69, 9.17) is 5.26 Å². The van der Waals surface area contributed by atoms with Crippen molar-refractivity contribution in [2.45, 2.75) is 39.0 Å². The number of rotatable bonds is 5. The maximum Gasteiger partial charge on any atom is 0.0666 e. The van der Waals surface area contributed by atoms with Gasteiger partial charge in [-0.25, -0.2) is 0 Å². The fourth-order valence-corrected chi connectivity index (χ4v) is 3.23. The van der Waals surface area contributed by atoms with Crippen molar-refractivity contribution >= 4 is 12.6 Å². The Kier molecular flexibility index (Phi) is 5.64. The van der Waals surface area contributed by atoms with Gasteiger partial charge in [0.25, 0.3) is 0 Å². The SMILES string of the molecule is CC(C#N)CN(C)CC1(CS)CCCCC1. The third-order valence-corrected chi connectivity index (χ3v) is 4.33. The summed E-state index contributed by atoms with van der Waals surface area (Å²) < 4.78 is 0. The molecule has 0 aliphatic heterocycles. The Morgan fingerprint density at radius 1 is 1.38 bits per heavy atom. The molecule has 3 heteroatoms. The van der Waals surface area contributed by atoms with Crippen molar-refractivity contribution in [1.82, 2.24) is 4.90 Å². The van der Waals surface area contributed by atoms with E-state index < -0.39 is 0 Å². The van der Waals surface area contributed by atoms with Crippen molar-refractivity contribution in [3.05, 3.63) is 0 Å². The second kappa shape index (κ2) is 6.51. The van der Waals surface area contributed by atoms with Gasteiger partial charge in [-0.3, -0.25) is 0 Å². The van der Waals surface area contributed by atoms with Crippen LogP contribution in [0.15, 0.2) is 0 Å². The van der Waals surface area contributed by atoms with Gasteiger partial charge < -0.3 is 4.90 Å². The molecule has 0 aromatic carbocycles. The monoisotopic (exact) mass is 240 g/mol. The van der Waals surface area contributed by atoms with Crippen LogP contribution in [0.1, 0.15) is 39.0 Å². The Balaban J connectivity index is 2.46. The van der Waals surface area contributed by atoms with Gasteiger partial charge in [-0.15, -0.1) is 0 Å². The Hall–Kier alpha value is -0.200. The van der Waals surface area contributed by atoms with Gasteiger partial charge in [0.2, 0.25) is 0 Å². The molecule has 1 aliphatic rings. The maximum absolute atomic E-state index is 8.82. The quantitative estimate of drug-likeness (QED) is 0.748. The van der Waals surface area contributed by atoms with Crippen LogP contribution in [0.2, 0.25) is 0 Å². The summed E-state index contributed by atoms with van der Waals surface area (Å²) in [6, 6.07) is 2.30. The molecule has 0 bridgehead atoms. The smallest absolute Gasteiger partial charge is 0.0666 e. The van der Waals surface area contributed by atoms with Gasteiger partial charge in [-0.2, -0.15) is 17.9 Å². The van der Waals surface area contributed by atoms with Gasteiger partial charge >= 0.3 is 0 Å². The molecule has 1 unspecified atom stereocenters. The van der Waals surface area contributed by atoms with E-state index in [9.17, 15) is 0 Å². The third-order valence-electron chi connectivity index (χ3n) is 3.66. The van der Waals surface area contributed by atoms with Gasteiger partial charge in [0, 0.05) is 13.1 Å². The Labute approximate surface area is 105 Å². The summed E-state index contributed by atoms with van der Waals surface area (Å²) in [7, 11) is 2.13. The van der Waals surface area contributed by atoms with Gasteiger partial charge in [-0.1, -0.05) is 19.3 Å². The molecule has 0 aromatic heterocycles. The van der Waals surface area contributed by atoms with Crippen LogP contribution in [0.3, 0.4) is 0 Å². The number of nitriles is 1. The van der Waals surface area contributed by atoms with E-state index in [1.807, 2.05) is 6.92 Å². The fraction of sp³-hybridized carbons (Fsp3) is 0.923. The lowest BCUT2D eigenvalue weighted by Crippen LogP contribution is -2.40. The largest absolute Gasteiger partial charge is 0.304 e. The second-order valence-corrected chi connectivity index (χ2v) is 5.76. The van der Waals surface area contributed by atoms with Crippen LogP contribution < -0.4 is 0 Å². The summed E-state index contributed by atoms with van der Waals surface area (Å²) in [6.07, 6.45) is 6.70. The molecular formula is C13H24N2S. The maximum atomic E-state index is 8.82. The molecule has 1 atom stereocenters. The normalized spacial score (nSPS) is 21.7. The average molecular weight is 240 g/mol. The Morgan fingerprint density at radius 2 is 2.00 bits per heavy atom. The summed E-state index contributed by atoms with van der Waals surface area (Å²) >= 11 is 4.55. The van der Waals surface area contributed by atoms with Crippen molar-refractivity contribution in [1.29, 1.82) is 5.26 Å². The van der Waals surface area contributed by atoms with Gasteiger partial charge in [0.15, 0.2) is 0 Å². The lowest BCUT2D eigenvalue weighted by molar-refractivity contribution is 0.139. The summed E-state index contributed by atoms with van der Waals surface area (Å²) in [5.41, 5.74) is 0.408. The number of thiol groups is 1. The molecular weight excluding hydrogens is 216 g/mol. The van der Waals surface area contributed by atoms with Crippen LogP contribution in [0.4, 0.5) is 0 Å². The zero-order chi connectivity index (χ0) is 12.0. The zero-order valence-electron chi connectivity index (χ0n) is 10.6. The first-order valence-corrected chi connectivity index (χ1v) is 6.94. The van der Waals surface area contributed by atoms with Crippen LogP contribution in [-0.4, -0.2) is 30.8 Å². The van der Waals surface area contributed by atoms with Gasteiger partial charge in [-0.05, 0) is 38.0 Å². The first-order chi connectivity index (χ1) is 7.62. The van der Waals surface area contributed by atoms with Crippen LogP contribution >= 0.6 is 12.6 Å². The van der Waals surface area contributed by atoms with Crippen LogP contribution in [0.25, 0.3) is 0 Å². The lowest BCUT2D eigenvalue weighted by Gasteiger charge is -2.39. The van der Waals surface area contributed by atoms with E-state index in [1.54, 1.807) is 0 Å². The lowest BCUT2D eigenvalue weighted by atomic mass is 9.75. The first kappa shape index (κ1) is 13.9. The molecule has 1 fully saturated rings. The van der Waals surface area contributed by atoms with Crippen molar-refractivity contribution in [2.75, 3.05) is 25.9 Å². The van der Waals surface area contributed by atoms with Crippen molar-refractivity contribution in [2.24, 2.45) is 11.3 Å². The van der Waals surface area contributed by atoms with E-state index in [-0.39, 0.29) is 5.92 Å². The topological polar surface area (TPSA) is 27.0 Å². The summed E-state index contributed by atoms with van der Waals surface area (Å²) in [5, 5.41) is 8.82. The molecule has 0 amide bonds. The molecule has 1 rings (SSSR count). The molecule has 2 nitrogen and oxygen atoms in total. The van der Waals surface area contributed by atoms with Crippen LogP contribution in [-0.2, 0) is 0 Å². The summed E-state index contributed by atoms with van der Waals surface area (Å²) in [6.45, 7) is 3.97. The first-order valence-electron chi connectivity index (χ1n) is 6.31. The predicted molar refractivity (Wildman–Crippen MR) is 71.6 cm³/mol. The van der Waals surface area contributed by atoms with E-state index in [2.05, 4.69) is 30.6 Å². The zero-order valence-corrected chi connectivity index (χ0v) is 11.5.